The lowest BCUT2D eigenvalue weighted by Crippen LogP contribution is -2.25. The van der Waals surface area contributed by atoms with Gasteiger partial charge in [-0.25, -0.2) is 13.5 Å². The number of hydrogen-bond donors (Lipinski definition) is 1. The quantitative estimate of drug-likeness (QED) is 0.911. The molecule has 1 N–H and O–H groups in total. The van der Waals surface area contributed by atoms with Crippen molar-refractivity contribution in [2.75, 3.05) is 11.9 Å². The van der Waals surface area contributed by atoms with Crippen molar-refractivity contribution >= 4 is 5.82 Å². The molecule has 0 bridgehead atoms. The Labute approximate surface area is 116 Å². The molecule has 106 valence electrons. The molecule has 3 nitrogen and oxygen atoms in total. The molecule has 0 saturated heterocycles. The molecule has 0 saturated carbocycles. The fourth-order valence-electron chi connectivity index (χ4n) is 2.85. The molecule has 0 amide bonds. The van der Waals surface area contributed by atoms with Gasteiger partial charge >= 0.3 is 0 Å². The highest BCUT2D eigenvalue weighted by atomic mass is 19.1. The van der Waals surface area contributed by atoms with Gasteiger partial charge in [0, 0.05) is 23.7 Å². The Morgan fingerprint density at radius 2 is 2.20 bits per heavy atom. The van der Waals surface area contributed by atoms with Crippen molar-refractivity contribution in [3.8, 4) is 0 Å². The molecule has 0 fully saturated rings. The lowest BCUT2D eigenvalue weighted by molar-refractivity contribution is 0.453. The van der Waals surface area contributed by atoms with Crippen LogP contribution in [0.4, 0.5) is 14.6 Å². The van der Waals surface area contributed by atoms with Gasteiger partial charge in [0.1, 0.15) is 17.5 Å². The van der Waals surface area contributed by atoms with E-state index in [1.807, 2.05) is 11.6 Å². The molecule has 2 heterocycles. The van der Waals surface area contributed by atoms with Gasteiger partial charge in [0.15, 0.2) is 0 Å². The molecule has 1 atom stereocenters. The van der Waals surface area contributed by atoms with Crippen LogP contribution in [0.25, 0.3) is 0 Å². The summed E-state index contributed by atoms with van der Waals surface area (Å²) in [7, 11) is 0. The predicted octanol–water partition coefficient (Wildman–Crippen LogP) is 3.44. The lowest BCUT2D eigenvalue weighted by Gasteiger charge is -2.26. The molecule has 3 rings (SSSR count). The third-order valence-corrected chi connectivity index (χ3v) is 3.91. The van der Waals surface area contributed by atoms with E-state index in [1.54, 1.807) is 0 Å². The Morgan fingerprint density at radius 1 is 1.40 bits per heavy atom. The molecule has 1 aliphatic heterocycles. The van der Waals surface area contributed by atoms with Crippen molar-refractivity contribution in [1.29, 1.82) is 0 Å². The Balaban J connectivity index is 2.09. The summed E-state index contributed by atoms with van der Waals surface area (Å²) in [6.45, 7) is 4.83. The maximum Gasteiger partial charge on any atom is 0.131 e. The second-order valence-corrected chi connectivity index (χ2v) is 5.12. The standard InChI is InChI=1S/C15H17F2N3/c1-3-13-9(2)15-18-7-6-14(20(15)19-13)11-5-4-10(16)8-12(11)17/h4-5,8,14,18H,3,6-7H2,1-2H3. The van der Waals surface area contributed by atoms with Crippen molar-refractivity contribution in [3.63, 3.8) is 0 Å². The van der Waals surface area contributed by atoms with Gasteiger partial charge in [-0.2, -0.15) is 5.10 Å². The molecule has 5 heteroatoms. The molecule has 0 radical (unpaired) electrons. The van der Waals surface area contributed by atoms with Crippen LogP contribution >= 0.6 is 0 Å². The number of aryl methyl sites for hydroxylation is 1. The van der Waals surface area contributed by atoms with Crippen LogP contribution in [0.5, 0.6) is 0 Å². The second-order valence-electron chi connectivity index (χ2n) is 5.12. The summed E-state index contributed by atoms with van der Waals surface area (Å²) in [5, 5.41) is 7.90. The van der Waals surface area contributed by atoms with Gasteiger partial charge in [-0.1, -0.05) is 13.0 Å². The van der Waals surface area contributed by atoms with Gasteiger partial charge in [0.05, 0.1) is 11.7 Å². The van der Waals surface area contributed by atoms with E-state index in [4.69, 9.17) is 0 Å². The average molecular weight is 277 g/mol. The van der Waals surface area contributed by atoms with Crippen molar-refractivity contribution in [2.45, 2.75) is 32.7 Å². The highest BCUT2D eigenvalue weighted by Crippen LogP contribution is 2.34. The minimum absolute atomic E-state index is 0.175. The van der Waals surface area contributed by atoms with Crippen LogP contribution in [-0.4, -0.2) is 16.3 Å². The maximum atomic E-state index is 14.0. The fourth-order valence-corrected chi connectivity index (χ4v) is 2.85. The van der Waals surface area contributed by atoms with Crippen LogP contribution in [0, 0.1) is 18.6 Å². The summed E-state index contributed by atoms with van der Waals surface area (Å²) in [5.74, 6) is -0.109. The van der Waals surface area contributed by atoms with E-state index in [-0.39, 0.29) is 6.04 Å². The van der Waals surface area contributed by atoms with E-state index in [0.717, 1.165) is 42.5 Å². The van der Waals surface area contributed by atoms with Gasteiger partial charge in [-0.05, 0) is 25.8 Å². The molecule has 1 unspecified atom stereocenters. The van der Waals surface area contributed by atoms with Crippen molar-refractivity contribution in [3.05, 3.63) is 46.7 Å². The highest BCUT2D eigenvalue weighted by Gasteiger charge is 2.27. The zero-order valence-corrected chi connectivity index (χ0v) is 11.6. The second kappa shape index (κ2) is 4.89. The summed E-state index contributed by atoms with van der Waals surface area (Å²) >= 11 is 0. The molecule has 20 heavy (non-hydrogen) atoms. The van der Waals surface area contributed by atoms with Crippen LogP contribution < -0.4 is 5.32 Å². The van der Waals surface area contributed by atoms with Gasteiger partial charge in [-0.15, -0.1) is 0 Å². The van der Waals surface area contributed by atoms with Crippen LogP contribution in [0.3, 0.4) is 0 Å². The van der Waals surface area contributed by atoms with Crippen molar-refractivity contribution in [1.82, 2.24) is 9.78 Å². The summed E-state index contributed by atoms with van der Waals surface area (Å²) in [6, 6.07) is 3.59. The number of nitrogens with zero attached hydrogens (tertiary/aromatic N) is 2. The van der Waals surface area contributed by atoms with E-state index in [9.17, 15) is 8.78 Å². The van der Waals surface area contributed by atoms with Gasteiger partial charge in [0.2, 0.25) is 0 Å². The summed E-state index contributed by atoms with van der Waals surface area (Å²) < 4.78 is 28.9. The SMILES string of the molecule is CCc1nn2c(c1C)NCCC2c1ccc(F)cc1F. The number of fused-ring (bicyclic) bond motifs is 1. The molecular formula is C15H17F2N3. The number of hydrogen-bond acceptors (Lipinski definition) is 2. The van der Waals surface area contributed by atoms with Crippen LogP contribution in [0.1, 0.15) is 36.2 Å². The van der Waals surface area contributed by atoms with E-state index >= 15 is 0 Å². The van der Waals surface area contributed by atoms with Crippen molar-refractivity contribution in [2.24, 2.45) is 0 Å². The Hall–Kier alpha value is -1.91. The van der Waals surface area contributed by atoms with Crippen LogP contribution in [0.2, 0.25) is 0 Å². The Kier molecular flexibility index (Phi) is 3.20. The normalized spacial score (nSPS) is 17.7. The average Bonchev–Trinajstić information content (AvgIpc) is 2.76. The van der Waals surface area contributed by atoms with E-state index in [1.165, 1.54) is 12.1 Å². The lowest BCUT2D eigenvalue weighted by atomic mass is 10.0. The number of benzene rings is 1. The summed E-state index contributed by atoms with van der Waals surface area (Å²) in [5.41, 5.74) is 2.63. The van der Waals surface area contributed by atoms with Gasteiger partial charge < -0.3 is 5.32 Å². The third kappa shape index (κ3) is 1.97. The largest absolute Gasteiger partial charge is 0.370 e. The zero-order valence-electron chi connectivity index (χ0n) is 11.6. The van der Waals surface area contributed by atoms with E-state index in [0.29, 0.717) is 5.56 Å². The Bertz CT molecular complexity index is 649. The summed E-state index contributed by atoms with van der Waals surface area (Å²) in [4.78, 5) is 0. The minimum atomic E-state index is -0.550. The molecule has 1 aromatic heterocycles. The topological polar surface area (TPSA) is 29.9 Å². The first-order valence-corrected chi connectivity index (χ1v) is 6.88. The first kappa shape index (κ1) is 13.1. The van der Waals surface area contributed by atoms with Gasteiger partial charge in [-0.3, -0.25) is 0 Å². The molecule has 0 aliphatic carbocycles. The number of nitrogens with one attached hydrogen (secondary N) is 1. The van der Waals surface area contributed by atoms with Gasteiger partial charge in [0.25, 0.3) is 0 Å². The maximum absolute atomic E-state index is 14.0. The molecule has 2 aromatic rings. The number of aromatic nitrogens is 2. The van der Waals surface area contributed by atoms with E-state index in [2.05, 4.69) is 17.3 Å². The third-order valence-electron chi connectivity index (χ3n) is 3.91. The number of halogens is 2. The number of rotatable bonds is 2. The molecule has 0 spiro atoms. The molecular weight excluding hydrogens is 260 g/mol. The smallest absolute Gasteiger partial charge is 0.131 e. The predicted molar refractivity (Wildman–Crippen MR) is 73.9 cm³/mol. The van der Waals surface area contributed by atoms with Crippen LogP contribution in [-0.2, 0) is 6.42 Å². The minimum Gasteiger partial charge on any atom is -0.370 e. The fraction of sp³-hybridized carbons (Fsp3) is 0.400. The highest BCUT2D eigenvalue weighted by molar-refractivity contribution is 5.49. The zero-order chi connectivity index (χ0) is 14.3. The molecule has 1 aliphatic rings. The summed E-state index contributed by atoms with van der Waals surface area (Å²) in [6.07, 6.45) is 1.58. The monoisotopic (exact) mass is 277 g/mol. The number of anilines is 1. The Morgan fingerprint density at radius 3 is 2.90 bits per heavy atom. The van der Waals surface area contributed by atoms with Crippen molar-refractivity contribution < 1.29 is 8.78 Å². The van der Waals surface area contributed by atoms with E-state index < -0.39 is 11.6 Å². The van der Waals surface area contributed by atoms with Crippen LogP contribution in [0.15, 0.2) is 18.2 Å². The molecule has 1 aromatic carbocycles. The first-order valence-electron chi connectivity index (χ1n) is 6.88. The first-order chi connectivity index (χ1) is 9.61.